The molecule has 1 saturated heterocycles. The maximum Gasteiger partial charge on any atom is 0.320 e. The number of aliphatic carboxylic acids is 1. The van der Waals surface area contributed by atoms with Gasteiger partial charge in [0.1, 0.15) is 17.3 Å². The topological polar surface area (TPSA) is 71.5 Å². The third-order valence-electron chi connectivity index (χ3n) is 3.40. The number of nitrogens with zero attached hydrogens (tertiary/aromatic N) is 1. The number of aromatic nitrogens is 1. The number of ether oxygens (including phenoxy) is 1. The van der Waals surface area contributed by atoms with Crippen molar-refractivity contribution >= 4 is 44.3 Å². The lowest BCUT2D eigenvalue weighted by Crippen LogP contribution is -2.30. The van der Waals surface area contributed by atoms with Crippen LogP contribution in [0.2, 0.25) is 5.15 Å². The quantitative estimate of drug-likeness (QED) is 0.812. The molecule has 3 rings (SSSR count). The highest BCUT2D eigenvalue weighted by Crippen LogP contribution is 2.30. The highest BCUT2D eigenvalue weighted by atomic mass is 79.9. The Hall–Kier alpha value is -1.37. The number of rotatable bonds is 3. The Morgan fingerprint density at radius 1 is 1.48 bits per heavy atom. The molecule has 1 aromatic carbocycles. The number of benzene rings is 1. The van der Waals surface area contributed by atoms with E-state index in [0.717, 1.165) is 15.2 Å². The summed E-state index contributed by atoms with van der Waals surface area (Å²) in [5, 5.41) is 14.0. The van der Waals surface area contributed by atoms with Crippen molar-refractivity contribution in [3.05, 3.63) is 33.9 Å². The normalized spacial score (nSPS) is 21.6. The summed E-state index contributed by atoms with van der Waals surface area (Å²) >= 11 is 9.44. The van der Waals surface area contributed by atoms with Crippen molar-refractivity contribution in [3.63, 3.8) is 0 Å². The molecule has 1 aliphatic rings. The van der Waals surface area contributed by atoms with Gasteiger partial charge in [-0.2, -0.15) is 0 Å². The summed E-state index contributed by atoms with van der Waals surface area (Å²) in [6.07, 6.45) is 0.165. The summed E-state index contributed by atoms with van der Waals surface area (Å²) in [5.41, 5.74) is 0. The highest BCUT2D eigenvalue weighted by molar-refractivity contribution is 9.10. The lowest BCUT2D eigenvalue weighted by atomic mass is 10.1. The van der Waals surface area contributed by atoms with Crippen molar-refractivity contribution in [2.45, 2.75) is 18.6 Å². The summed E-state index contributed by atoms with van der Waals surface area (Å²) in [7, 11) is 0. The molecule has 0 unspecified atom stereocenters. The number of carboxylic acid groups (broad SMARTS) is 1. The first kappa shape index (κ1) is 14.6. The summed E-state index contributed by atoms with van der Waals surface area (Å²) in [4.78, 5) is 15.2. The molecule has 0 spiro atoms. The van der Waals surface area contributed by atoms with Gasteiger partial charge < -0.3 is 15.2 Å². The van der Waals surface area contributed by atoms with Crippen LogP contribution in [0, 0.1) is 0 Å². The van der Waals surface area contributed by atoms with Crippen LogP contribution in [0.25, 0.3) is 10.8 Å². The largest absolute Gasteiger partial charge is 0.480 e. The van der Waals surface area contributed by atoms with E-state index in [1.54, 1.807) is 6.07 Å². The molecule has 0 radical (unpaired) electrons. The van der Waals surface area contributed by atoms with Gasteiger partial charge in [-0.15, -0.1) is 0 Å². The molecule has 0 bridgehead atoms. The van der Waals surface area contributed by atoms with E-state index in [1.807, 2.05) is 18.2 Å². The van der Waals surface area contributed by atoms with Gasteiger partial charge in [0.05, 0.1) is 0 Å². The van der Waals surface area contributed by atoms with Crippen LogP contribution in [-0.2, 0) is 4.79 Å². The predicted octanol–water partition coefficient (Wildman–Crippen LogP) is 2.84. The SMILES string of the molecule is O=C(O)[C@@H]1C[C@@H](Oc2nc(Cl)cc3ccc(Br)cc23)CN1. The average Bonchev–Trinajstić information content (AvgIpc) is 2.88. The number of hydrogen-bond acceptors (Lipinski definition) is 4. The van der Waals surface area contributed by atoms with Crippen LogP contribution < -0.4 is 10.1 Å². The average molecular weight is 372 g/mol. The van der Waals surface area contributed by atoms with Crippen LogP contribution in [0.15, 0.2) is 28.7 Å². The first-order valence-electron chi connectivity index (χ1n) is 6.41. The Labute approximate surface area is 134 Å². The smallest absolute Gasteiger partial charge is 0.320 e. The van der Waals surface area contributed by atoms with Gasteiger partial charge in [0.2, 0.25) is 5.88 Å². The predicted molar refractivity (Wildman–Crippen MR) is 82.9 cm³/mol. The molecule has 1 fully saturated rings. The Morgan fingerprint density at radius 3 is 3.00 bits per heavy atom. The van der Waals surface area contributed by atoms with Gasteiger partial charge in [-0.25, -0.2) is 4.98 Å². The molecule has 1 aromatic heterocycles. The van der Waals surface area contributed by atoms with E-state index in [1.165, 1.54) is 0 Å². The van der Waals surface area contributed by atoms with Crippen molar-refractivity contribution in [1.29, 1.82) is 0 Å². The monoisotopic (exact) mass is 370 g/mol. The maximum absolute atomic E-state index is 10.9. The van der Waals surface area contributed by atoms with Crippen molar-refractivity contribution in [2.24, 2.45) is 0 Å². The molecule has 2 heterocycles. The summed E-state index contributed by atoms with van der Waals surface area (Å²) in [5.74, 6) is -0.440. The van der Waals surface area contributed by atoms with E-state index in [9.17, 15) is 4.79 Å². The summed E-state index contributed by atoms with van der Waals surface area (Å²) < 4.78 is 6.78. The van der Waals surface area contributed by atoms with Crippen LogP contribution >= 0.6 is 27.5 Å². The minimum absolute atomic E-state index is 0.237. The molecular weight excluding hydrogens is 360 g/mol. The number of halogens is 2. The lowest BCUT2D eigenvalue weighted by molar-refractivity contribution is -0.139. The van der Waals surface area contributed by atoms with E-state index in [4.69, 9.17) is 21.4 Å². The van der Waals surface area contributed by atoms with Crippen molar-refractivity contribution in [3.8, 4) is 5.88 Å². The number of carboxylic acids is 1. The van der Waals surface area contributed by atoms with Gasteiger partial charge in [0.25, 0.3) is 0 Å². The van der Waals surface area contributed by atoms with E-state index >= 15 is 0 Å². The first-order valence-corrected chi connectivity index (χ1v) is 7.58. The summed E-state index contributed by atoms with van der Waals surface area (Å²) in [6.45, 7) is 0.473. The lowest BCUT2D eigenvalue weighted by Gasteiger charge is -2.14. The second-order valence-corrected chi connectivity index (χ2v) is 6.19. The number of carbonyl (C=O) groups is 1. The Balaban J connectivity index is 1.90. The Kier molecular flexibility index (Phi) is 4.01. The van der Waals surface area contributed by atoms with Crippen molar-refractivity contribution < 1.29 is 14.6 Å². The molecular formula is C14H12BrClN2O3. The van der Waals surface area contributed by atoms with E-state index in [2.05, 4.69) is 26.2 Å². The van der Waals surface area contributed by atoms with Gasteiger partial charge in [0, 0.05) is 22.8 Å². The third kappa shape index (κ3) is 3.12. The van der Waals surface area contributed by atoms with Crippen LogP contribution in [0.3, 0.4) is 0 Å². The number of nitrogens with one attached hydrogen (secondary N) is 1. The van der Waals surface area contributed by atoms with Crippen LogP contribution in [0.4, 0.5) is 0 Å². The van der Waals surface area contributed by atoms with Gasteiger partial charge in [0.15, 0.2) is 0 Å². The van der Waals surface area contributed by atoms with Crippen molar-refractivity contribution in [1.82, 2.24) is 10.3 Å². The second kappa shape index (κ2) is 5.79. The minimum atomic E-state index is -0.868. The van der Waals surface area contributed by atoms with Gasteiger partial charge in [-0.3, -0.25) is 4.79 Å². The number of fused-ring (bicyclic) bond motifs is 1. The van der Waals surface area contributed by atoms with Crippen LogP contribution in [0.5, 0.6) is 5.88 Å². The van der Waals surface area contributed by atoms with Gasteiger partial charge in [-0.05, 0) is 23.6 Å². The first-order chi connectivity index (χ1) is 10.0. The molecule has 0 aliphatic carbocycles. The Morgan fingerprint density at radius 2 is 2.29 bits per heavy atom. The van der Waals surface area contributed by atoms with Crippen LogP contribution in [-0.4, -0.2) is 34.8 Å². The van der Waals surface area contributed by atoms with E-state index in [0.29, 0.717) is 24.0 Å². The molecule has 21 heavy (non-hydrogen) atoms. The summed E-state index contributed by atoms with van der Waals surface area (Å²) in [6, 6.07) is 6.94. The molecule has 2 N–H and O–H groups in total. The minimum Gasteiger partial charge on any atom is -0.480 e. The third-order valence-corrected chi connectivity index (χ3v) is 4.08. The molecule has 2 atom stereocenters. The standard InChI is InChI=1S/C14H12BrClN2O3/c15-8-2-1-7-3-12(16)18-13(10(7)4-8)21-9-5-11(14(19)20)17-6-9/h1-4,9,11,17H,5-6H2,(H,19,20)/t9-,11+/m1/s1. The fraction of sp³-hybridized carbons (Fsp3) is 0.286. The second-order valence-electron chi connectivity index (χ2n) is 4.89. The fourth-order valence-electron chi connectivity index (χ4n) is 2.39. The van der Waals surface area contributed by atoms with Gasteiger partial charge in [-0.1, -0.05) is 33.6 Å². The zero-order valence-electron chi connectivity index (χ0n) is 10.8. The molecule has 5 nitrogen and oxygen atoms in total. The Bertz CT molecular complexity index is 710. The molecule has 0 saturated carbocycles. The fourth-order valence-corrected chi connectivity index (χ4v) is 2.94. The van der Waals surface area contributed by atoms with Gasteiger partial charge >= 0.3 is 5.97 Å². The molecule has 7 heteroatoms. The van der Waals surface area contributed by atoms with Crippen molar-refractivity contribution in [2.75, 3.05) is 6.54 Å². The number of pyridine rings is 1. The molecule has 110 valence electrons. The van der Waals surface area contributed by atoms with E-state index < -0.39 is 12.0 Å². The van der Waals surface area contributed by atoms with Crippen LogP contribution in [0.1, 0.15) is 6.42 Å². The molecule has 2 aromatic rings. The number of hydrogen-bond donors (Lipinski definition) is 2. The zero-order valence-corrected chi connectivity index (χ0v) is 13.2. The highest BCUT2D eigenvalue weighted by Gasteiger charge is 2.31. The maximum atomic E-state index is 10.9. The zero-order chi connectivity index (χ0) is 15.0. The molecule has 1 aliphatic heterocycles. The van der Waals surface area contributed by atoms with E-state index in [-0.39, 0.29) is 6.10 Å². The molecule has 0 amide bonds.